The van der Waals surface area contributed by atoms with Gasteiger partial charge in [0.25, 0.3) is 0 Å². The van der Waals surface area contributed by atoms with Crippen molar-refractivity contribution < 1.29 is 9.59 Å². The van der Waals surface area contributed by atoms with Crippen LogP contribution in [0, 0.1) is 6.42 Å². The third-order valence-corrected chi connectivity index (χ3v) is 1.46. The van der Waals surface area contributed by atoms with E-state index in [4.69, 9.17) is 5.73 Å². The van der Waals surface area contributed by atoms with Crippen molar-refractivity contribution in [3.8, 4) is 0 Å². The number of carbonyl (C=O) groups is 2. The van der Waals surface area contributed by atoms with E-state index in [2.05, 4.69) is 4.98 Å². The van der Waals surface area contributed by atoms with Crippen LogP contribution in [-0.2, 0) is 4.79 Å². The minimum atomic E-state index is -0.399. The molecule has 1 aromatic rings. The van der Waals surface area contributed by atoms with Crippen molar-refractivity contribution in [1.29, 1.82) is 0 Å². The van der Waals surface area contributed by atoms with Crippen LogP contribution in [0.4, 0.5) is 0 Å². The molecule has 4 heteroatoms. The molecule has 0 aliphatic carbocycles. The molecule has 0 spiro atoms. The van der Waals surface area contributed by atoms with Crippen LogP contribution in [0.1, 0.15) is 22.5 Å². The van der Waals surface area contributed by atoms with Crippen molar-refractivity contribution in [2.45, 2.75) is 6.42 Å². The Hall–Kier alpha value is -1.71. The topological polar surface area (TPSA) is 73.1 Å². The van der Waals surface area contributed by atoms with Gasteiger partial charge in [-0.3, -0.25) is 14.6 Å². The number of pyridine rings is 1. The van der Waals surface area contributed by atoms with Crippen molar-refractivity contribution in [1.82, 2.24) is 4.98 Å². The Morgan fingerprint density at radius 3 is 3.00 bits per heavy atom. The standard InChI is InChI=1S/C9H9N2O2/c10-9(13)2-1-7-3-4-11-8(5-7)6-12/h1,3-6H,2H2,(H2,10,13). The molecule has 0 aliphatic rings. The Kier molecular flexibility index (Phi) is 3.14. The molecule has 13 heavy (non-hydrogen) atoms. The summed E-state index contributed by atoms with van der Waals surface area (Å²) in [5.41, 5.74) is 6.08. The average molecular weight is 177 g/mol. The van der Waals surface area contributed by atoms with Crippen molar-refractivity contribution in [2.24, 2.45) is 5.73 Å². The summed E-state index contributed by atoms with van der Waals surface area (Å²) < 4.78 is 0. The van der Waals surface area contributed by atoms with Gasteiger partial charge in [-0.2, -0.15) is 0 Å². The van der Waals surface area contributed by atoms with Crippen LogP contribution >= 0.6 is 0 Å². The molecule has 1 rings (SSSR count). The molecule has 0 bridgehead atoms. The molecule has 4 nitrogen and oxygen atoms in total. The maximum absolute atomic E-state index is 10.4. The van der Waals surface area contributed by atoms with Crippen LogP contribution in [0.3, 0.4) is 0 Å². The maximum atomic E-state index is 10.4. The van der Waals surface area contributed by atoms with E-state index in [1.807, 2.05) is 0 Å². The molecule has 0 fully saturated rings. The van der Waals surface area contributed by atoms with Gasteiger partial charge in [0, 0.05) is 19.0 Å². The van der Waals surface area contributed by atoms with Gasteiger partial charge < -0.3 is 5.73 Å². The van der Waals surface area contributed by atoms with E-state index in [0.717, 1.165) is 5.56 Å². The van der Waals surface area contributed by atoms with Crippen LogP contribution in [-0.4, -0.2) is 17.2 Å². The Balaban J connectivity index is 2.66. The molecule has 0 saturated carbocycles. The Morgan fingerprint density at radius 2 is 2.38 bits per heavy atom. The van der Waals surface area contributed by atoms with Gasteiger partial charge in [-0.25, -0.2) is 0 Å². The molecule has 0 saturated heterocycles. The van der Waals surface area contributed by atoms with Gasteiger partial charge in [0.1, 0.15) is 5.69 Å². The van der Waals surface area contributed by atoms with Crippen LogP contribution < -0.4 is 5.73 Å². The van der Waals surface area contributed by atoms with Crippen LogP contribution in [0.5, 0.6) is 0 Å². The third-order valence-electron chi connectivity index (χ3n) is 1.46. The molecule has 1 heterocycles. The lowest BCUT2D eigenvalue weighted by molar-refractivity contribution is -0.117. The molecule has 0 aliphatic heterocycles. The van der Waals surface area contributed by atoms with Gasteiger partial charge in [0.2, 0.25) is 5.91 Å². The molecule has 2 N–H and O–H groups in total. The van der Waals surface area contributed by atoms with Gasteiger partial charge >= 0.3 is 0 Å². The maximum Gasteiger partial charge on any atom is 0.218 e. The first-order valence-electron chi connectivity index (χ1n) is 3.75. The minimum Gasteiger partial charge on any atom is -0.370 e. The van der Waals surface area contributed by atoms with Crippen LogP contribution in [0.25, 0.3) is 0 Å². The lowest BCUT2D eigenvalue weighted by Gasteiger charge is -1.97. The quantitative estimate of drug-likeness (QED) is 0.673. The highest BCUT2D eigenvalue weighted by Crippen LogP contribution is 2.05. The summed E-state index contributed by atoms with van der Waals surface area (Å²) in [5, 5.41) is 0. The molecule has 0 unspecified atom stereocenters. The number of nitrogens with zero attached hydrogens (tertiary/aromatic N) is 1. The summed E-state index contributed by atoms with van der Waals surface area (Å²) in [7, 11) is 0. The van der Waals surface area contributed by atoms with E-state index in [9.17, 15) is 9.59 Å². The molecule has 1 radical (unpaired) electrons. The number of rotatable bonds is 4. The number of carbonyl (C=O) groups excluding carboxylic acids is 2. The first-order chi connectivity index (χ1) is 6.22. The highest BCUT2D eigenvalue weighted by molar-refractivity contribution is 5.76. The zero-order valence-electron chi connectivity index (χ0n) is 6.93. The van der Waals surface area contributed by atoms with Crippen molar-refractivity contribution >= 4 is 12.2 Å². The smallest absolute Gasteiger partial charge is 0.218 e. The SMILES string of the molecule is NC(=O)C[CH]c1ccnc(C=O)c1. The summed E-state index contributed by atoms with van der Waals surface area (Å²) in [5.74, 6) is -0.399. The fraction of sp³-hybridized carbons (Fsp3) is 0.111. The summed E-state index contributed by atoms with van der Waals surface area (Å²) in [6.07, 6.45) is 3.98. The molecule has 1 amide bonds. The predicted octanol–water partition coefficient (Wildman–Crippen LogP) is 0.322. The van der Waals surface area contributed by atoms with E-state index >= 15 is 0 Å². The first-order valence-corrected chi connectivity index (χ1v) is 3.75. The minimum absolute atomic E-state index is 0.169. The van der Waals surface area contributed by atoms with Crippen molar-refractivity contribution in [3.05, 3.63) is 36.0 Å². The Bertz CT molecular complexity index is 323. The van der Waals surface area contributed by atoms with E-state index < -0.39 is 5.91 Å². The van der Waals surface area contributed by atoms with Gasteiger partial charge in [0.05, 0.1) is 0 Å². The second-order valence-corrected chi connectivity index (χ2v) is 2.51. The van der Waals surface area contributed by atoms with Crippen molar-refractivity contribution in [2.75, 3.05) is 0 Å². The zero-order valence-corrected chi connectivity index (χ0v) is 6.93. The Labute approximate surface area is 75.8 Å². The summed E-state index contributed by atoms with van der Waals surface area (Å²) in [6.45, 7) is 0. The molecular formula is C9H9N2O2. The van der Waals surface area contributed by atoms with Crippen molar-refractivity contribution in [3.63, 3.8) is 0 Å². The van der Waals surface area contributed by atoms with Gasteiger partial charge in [-0.05, 0) is 17.7 Å². The normalized spacial score (nSPS) is 9.54. The second kappa shape index (κ2) is 4.35. The lowest BCUT2D eigenvalue weighted by atomic mass is 10.1. The molecule has 0 atom stereocenters. The van der Waals surface area contributed by atoms with Crippen LogP contribution in [0.15, 0.2) is 18.3 Å². The fourth-order valence-corrected chi connectivity index (χ4v) is 0.875. The lowest BCUT2D eigenvalue weighted by Crippen LogP contribution is -2.10. The molecule has 67 valence electrons. The van der Waals surface area contributed by atoms with E-state index in [0.29, 0.717) is 12.0 Å². The molecule has 0 aromatic carbocycles. The molecule has 1 aromatic heterocycles. The zero-order chi connectivity index (χ0) is 9.68. The van der Waals surface area contributed by atoms with E-state index in [1.165, 1.54) is 6.20 Å². The van der Waals surface area contributed by atoms with Crippen LogP contribution in [0.2, 0.25) is 0 Å². The number of nitrogens with two attached hydrogens (primary N) is 1. The number of amides is 1. The third kappa shape index (κ3) is 3.02. The summed E-state index contributed by atoms with van der Waals surface area (Å²) in [4.78, 5) is 24.5. The number of hydrogen-bond donors (Lipinski definition) is 1. The largest absolute Gasteiger partial charge is 0.370 e. The predicted molar refractivity (Wildman–Crippen MR) is 46.8 cm³/mol. The highest BCUT2D eigenvalue weighted by atomic mass is 16.1. The highest BCUT2D eigenvalue weighted by Gasteiger charge is 1.99. The second-order valence-electron chi connectivity index (χ2n) is 2.51. The summed E-state index contributed by atoms with van der Waals surface area (Å²) >= 11 is 0. The van der Waals surface area contributed by atoms with Gasteiger partial charge in [-0.1, -0.05) is 0 Å². The van der Waals surface area contributed by atoms with Gasteiger partial charge in [-0.15, -0.1) is 0 Å². The monoisotopic (exact) mass is 177 g/mol. The number of hydrogen-bond acceptors (Lipinski definition) is 3. The molecular weight excluding hydrogens is 168 g/mol. The summed E-state index contributed by atoms with van der Waals surface area (Å²) in [6, 6.07) is 3.30. The van der Waals surface area contributed by atoms with Gasteiger partial charge in [0.15, 0.2) is 6.29 Å². The number of aromatic nitrogens is 1. The average Bonchev–Trinajstić information content (AvgIpc) is 2.15. The Morgan fingerprint density at radius 1 is 1.62 bits per heavy atom. The number of aldehydes is 1. The fourth-order valence-electron chi connectivity index (χ4n) is 0.875. The van der Waals surface area contributed by atoms with E-state index in [-0.39, 0.29) is 6.42 Å². The number of primary amides is 1. The first kappa shape index (κ1) is 9.38. The van der Waals surface area contributed by atoms with E-state index in [1.54, 1.807) is 18.6 Å².